The summed E-state index contributed by atoms with van der Waals surface area (Å²) < 4.78 is 6.90. The summed E-state index contributed by atoms with van der Waals surface area (Å²) in [6.45, 7) is 8.50. The highest BCUT2D eigenvalue weighted by Gasteiger charge is 2.21. The van der Waals surface area contributed by atoms with Crippen LogP contribution < -0.4 is 5.73 Å². The van der Waals surface area contributed by atoms with Crippen molar-refractivity contribution in [2.75, 3.05) is 5.73 Å². The predicted molar refractivity (Wildman–Crippen MR) is 65.9 cm³/mol. The van der Waals surface area contributed by atoms with E-state index in [9.17, 15) is 0 Å². The molecular weight excluding hydrogens is 232 g/mol. The molecule has 2 aromatic rings. The summed E-state index contributed by atoms with van der Waals surface area (Å²) in [4.78, 5) is 4.35. The number of anilines is 1. The van der Waals surface area contributed by atoms with E-state index in [-0.39, 0.29) is 5.41 Å². The lowest BCUT2D eigenvalue weighted by Gasteiger charge is -2.10. The first-order valence-corrected chi connectivity index (χ1v) is 5.92. The highest BCUT2D eigenvalue weighted by Crippen LogP contribution is 2.19. The van der Waals surface area contributed by atoms with Gasteiger partial charge in [0.15, 0.2) is 11.6 Å². The molecule has 0 saturated heterocycles. The van der Waals surface area contributed by atoms with Gasteiger partial charge < -0.3 is 10.3 Å². The second kappa shape index (κ2) is 4.40. The fourth-order valence-corrected chi connectivity index (χ4v) is 1.59. The molecule has 0 radical (unpaired) electrons. The third-order valence-corrected chi connectivity index (χ3v) is 2.63. The van der Waals surface area contributed by atoms with Gasteiger partial charge >= 0.3 is 0 Å². The average Bonchev–Trinajstić information content (AvgIpc) is 2.86. The largest absolute Gasteiger partial charge is 0.381 e. The lowest BCUT2D eigenvalue weighted by molar-refractivity contribution is 0.350. The van der Waals surface area contributed by atoms with Crippen LogP contribution in [0.3, 0.4) is 0 Å². The molecule has 18 heavy (non-hydrogen) atoms. The third-order valence-electron chi connectivity index (χ3n) is 2.63. The van der Waals surface area contributed by atoms with Crippen molar-refractivity contribution < 1.29 is 4.52 Å². The van der Waals surface area contributed by atoms with Gasteiger partial charge in [0, 0.05) is 5.41 Å². The molecule has 2 aromatic heterocycles. The van der Waals surface area contributed by atoms with Crippen molar-refractivity contribution in [1.82, 2.24) is 25.1 Å². The van der Waals surface area contributed by atoms with E-state index in [2.05, 4.69) is 20.5 Å². The Labute approximate surface area is 105 Å². The van der Waals surface area contributed by atoms with Gasteiger partial charge in [-0.3, -0.25) is 0 Å². The van der Waals surface area contributed by atoms with Crippen LogP contribution >= 0.6 is 0 Å². The van der Waals surface area contributed by atoms with E-state index in [1.54, 1.807) is 4.68 Å². The normalized spacial score (nSPS) is 12.0. The van der Waals surface area contributed by atoms with E-state index >= 15 is 0 Å². The summed E-state index contributed by atoms with van der Waals surface area (Å²) in [5.41, 5.74) is 6.47. The Bertz CT molecular complexity index is 536. The molecule has 0 unspecified atom stereocenters. The molecule has 2 N–H and O–H groups in total. The first-order valence-electron chi connectivity index (χ1n) is 5.92. The number of hydrogen-bond donors (Lipinski definition) is 1. The van der Waals surface area contributed by atoms with Crippen molar-refractivity contribution in [1.29, 1.82) is 0 Å². The summed E-state index contributed by atoms with van der Waals surface area (Å²) in [6.07, 6.45) is 0.763. The van der Waals surface area contributed by atoms with Crippen LogP contribution in [0.25, 0.3) is 0 Å². The van der Waals surface area contributed by atoms with Gasteiger partial charge in [-0.1, -0.05) is 38.1 Å². The van der Waals surface area contributed by atoms with Crippen LogP contribution in [0.1, 0.15) is 45.1 Å². The molecule has 98 valence electrons. The van der Waals surface area contributed by atoms with Crippen molar-refractivity contribution in [3.05, 3.63) is 17.4 Å². The number of hydrogen-bond acceptors (Lipinski definition) is 6. The van der Waals surface area contributed by atoms with E-state index in [0.717, 1.165) is 12.1 Å². The fourth-order valence-electron chi connectivity index (χ4n) is 1.59. The second-order valence-corrected chi connectivity index (χ2v) is 5.19. The minimum Gasteiger partial charge on any atom is -0.381 e. The molecule has 0 atom stereocenters. The zero-order valence-corrected chi connectivity index (χ0v) is 11.1. The summed E-state index contributed by atoms with van der Waals surface area (Å²) in [7, 11) is 0. The summed E-state index contributed by atoms with van der Waals surface area (Å²) in [5, 5.41) is 11.8. The van der Waals surface area contributed by atoms with Gasteiger partial charge in [-0.2, -0.15) is 4.98 Å². The first-order chi connectivity index (χ1) is 8.41. The van der Waals surface area contributed by atoms with E-state index in [0.29, 0.717) is 24.1 Å². The van der Waals surface area contributed by atoms with Crippen LogP contribution in [0, 0.1) is 0 Å². The van der Waals surface area contributed by atoms with Crippen molar-refractivity contribution >= 4 is 5.82 Å². The van der Waals surface area contributed by atoms with Gasteiger partial charge in [-0.25, -0.2) is 4.68 Å². The second-order valence-electron chi connectivity index (χ2n) is 5.19. The van der Waals surface area contributed by atoms with Crippen LogP contribution in [-0.2, 0) is 18.4 Å². The molecule has 7 heteroatoms. The summed E-state index contributed by atoms with van der Waals surface area (Å²) in [6, 6.07) is 0. The Morgan fingerprint density at radius 3 is 2.61 bits per heavy atom. The van der Waals surface area contributed by atoms with E-state index in [1.807, 2.05) is 27.7 Å². The van der Waals surface area contributed by atoms with Crippen molar-refractivity contribution in [2.45, 2.75) is 46.1 Å². The Balaban J connectivity index is 2.21. The van der Waals surface area contributed by atoms with Crippen LogP contribution in [0.4, 0.5) is 5.82 Å². The number of nitrogens with zero attached hydrogens (tertiary/aromatic N) is 5. The molecule has 0 aliphatic heterocycles. The predicted octanol–water partition coefficient (Wildman–Crippen LogP) is 1.15. The van der Waals surface area contributed by atoms with Gasteiger partial charge in [-0.05, 0) is 6.42 Å². The van der Waals surface area contributed by atoms with Gasteiger partial charge in [0.1, 0.15) is 6.54 Å². The molecule has 0 amide bonds. The fraction of sp³-hybridized carbons (Fsp3) is 0.636. The van der Waals surface area contributed by atoms with Gasteiger partial charge in [-0.15, -0.1) is 5.10 Å². The monoisotopic (exact) mass is 250 g/mol. The number of aromatic nitrogens is 5. The highest BCUT2D eigenvalue weighted by atomic mass is 16.5. The molecule has 0 fully saturated rings. The number of rotatable bonds is 3. The van der Waals surface area contributed by atoms with Crippen LogP contribution in [0.15, 0.2) is 4.52 Å². The van der Waals surface area contributed by atoms with E-state index < -0.39 is 0 Å². The van der Waals surface area contributed by atoms with Gasteiger partial charge in [0.05, 0.1) is 5.69 Å². The Hall–Kier alpha value is -1.92. The molecule has 7 nitrogen and oxygen atoms in total. The molecule has 0 spiro atoms. The maximum atomic E-state index is 5.72. The lowest BCUT2D eigenvalue weighted by atomic mass is 9.96. The minimum atomic E-state index is -0.128. The molecule has 0 saturated carbocycles. The number of nitrogens with two attached hydrogens (primary N) is 1. The summed E-state index contributed by atoms with van der Waals surface area (Å²) >= 11 is 0. The molecular formula is C11H18N6O. The van der Waals surface area contributed by atoms with E-state index in [1.165, 1.54) is 0 Å². The van der Waals surface area contributed by atoms with Crippen LogP contribution in [0.5, 0.6) is 0 Å². The molecule has 2 heterocycles. The van der Waals surface area contributed by atoms with Gasteiger partial charge in [0.2, 0.25) is 5.89 Å². The smallest absolute Gasteiger partial charge is 0.248 e. The van der Waals surface area contributed by atoms with Gasteiger partial charge in [0.25, 0.3) is 0 Å². The average molecular weight is 250 g/mol. The maximum Gasteiger partial charge on any atom is 0.248 e. The highest BCUT2D eigenvalue weighted by molar-refractivity contribution is 5.32. The maximum absolute atomic E-state index is 5.72. The summed E-state index contributed by atoms with van der Waals surface area (Å²) in [5.74, 6) is 1.65. The standard InChI is InChI=1S/C11H18N6O/c1-5-7-9(12)14-16-17(7)6-8-13-10(15-18-8)11(2,3)4/h5-6,12H2,1-4H3. The zero-order chi connectivity index (χ0) is 13.3. The lowest BCUT2D eigenvalue weighted by Crippen LogP contribution is -2.13. The first kappa shape index (κ1) is 12.5. The molecule has 0 bridgehead atoms. The van der Waals surface area contributed by atoms with Crippen molar-refractivity contribution in [3.63, 3.8) is 0 Å². The van der Waals surface area contributed by atoms with Crippen LogP contribution in [0.2, 0.25) is 0 Å². The van der Waals surface area contributed by atoms with E-state index in [4.69, 9.17) is 10.3 Å². The van der Waals surface area contributed by atoms with Crippen molar-refractivity contribution in [3.8, 4) is 0 Å². The number of nitrogen functional groups attached to an aromatic ring is 1. The Kier molecular flexibility index (Phi) is 3.06. The topological polar surface area (TPSA) is 95.7 Å². The SMILES string of the molecule is CCc1c(N)nnn1Cc1nc(C(C)(C)C)no1. The quantitative estimate of drug-likeness (QED) is 0.877. The van der Waals surface area contributed by atoms with Crippen molar-refractivity contribution in [2.24, 2.45) is 0 Å². The molecule has 0 aliphatic rings. The molecule has 2 rings (SSSR count). The zero-order valence-electron chi connectivity index (χ0n) is 11.1. The Morgan fingerprint density at radius 1 is 1.33 bits per heavy atom. The Morgan fingerprint density at radius 2 is 2.06 bits per heavy atom. The molecule has 0 aromatic carbocycles. The van der Waals surface area contributed by atoms with Crippen LogP contribution in [-0.4, -0.2) is 25.1 Å². The third kappa shape index (κ3) is 2.34. The molecule has 0 aliphatic carbocycles. The minimum absolute atomic E-state index is 0.128.